The fourth-order valence-corrected chi connectivity index (χ4v) is 2.82. The first-order valence-electron chi connectivity index (χ1n) is 5.50. The average molecular weight is 259 g/mol. The monoisotopic (exact) mass is 259 g/mol. The molecule has 2 N–H and O–H groups in total. The second-order valence-corrected chi connectivity index (χ2v) is 5.35. The maximum absolute atomic E-state index is 13.8. The van der Waals surface area contributed by atoms with Gasteiger partial charge >= 0.3 is 0 Å². The van der Waals surface area contributed by atoms with Gasteiger partial charge in [-0.15, -0.1) is 0 Å². The van der Waals surface area contributed by atoms with E-state index in [-0.39, 0.29) is 17.5 Å². The second kappa shape index (κ2) is 6.71. The lowest BCUT2D eigenvalue weighted by Crippen LogP contribution is -2.26. The normalized spacial score (nSPS) is 14.4. The van der Waals surface area contributed by atoms with Crippen LogP contribution in [-0.2, 0) is 16.6 Å². The number of halogens is 1. The molecular formula is C12H18FNO2S. The van der Waals surface area contributed by atoms with Crippen LogP contribution < -0.4 is 10.5 Å². The summed E-state index contributed by atoms with van der Waals surface area (Å²) in [6, 6.07) is 4.76. The molecule has 0 bridgehead atoms. The number of methoxy groups -OCH3 is 1. The number of hydrogen-bond acceptors (Lipinski definition) is 3. The third-order valence-corrected chi connectivity index (χ3v) is 3.94. The summed E-state index contributed by atoms with van der Waals surface area (Å²) >= 11 is 0. The highest BCUT2D eigenvalue weighted by atomic mass is 32.2. The van der Waals surface area contributed by atoms with Crippen molar-refractivity contribution in [1.29, 1.82) is 0 Å². The third-order valence-electron chi connectivity index (χ3n) is 2.50. The molecule has 1 aromatic rings. The van der Waals surface area contributed by atoms with Gasteiger partial charge in [-0.2, -0.15) is 0 Å². The van der Waals surface area contributed by atoms with Crippen molar-refractivity contribution in [2.45, 2.75) is 25.1 Å². The first kappa shape index (κ1) is 14.1. The maximum Gasteiger partial charge on any atom is 0.169 e. The molecule has 0 saturated heterocycles. The fourth-order valence-electron chi connectivity index (χ4n) is 1.41. The molecule has 2 atom stereocenters. The summed E-state index contributed by atoms with van der Waals surface area (Å²) in [5, 5.41) is 0. The van der Waals surface area contributed by atoms with Gasteiger partial charge in [-0.05, 0) is 12.5 Å². The molecule has 2 unspecified atom stereocenters. The van der Waals surface area contributed by atoms with Gasteiger partial charge < -0.3 is 10.5 Å². The first-order valence-corrected chi connectivity index (χ1v) is 6.99. The van der Waals surface area contributed by atoms with Gasteiger partial charge in [-0.25, -0.2) is 4.39 Å². The van der Waals surface area contributed by atoms with Crippen molar-refractivity contribution in [2.75, 3.05) is 12.9 Å². The molecule has 0 saturated carbocycles. The lowest BCUT2D eigenvalue weighted by molar-refractivity contribution is 0.385. The van der Waals surface area contributed by atoms with E-state index in [2.05, 4.69) is 0 Å². The predicted octanol–water partition coefficient (Wildman–Crippen LogP) is 1.82. The molecule has 0 radical (unpaired) electrons. The Morgan fingerprint density at radius 1 is 1.53 bits per heavy atom. The molecule has 3 nitrogen and oxygen atoms in total. The molecule has 0 aliphatic rings. The van der Waals surface area contributed by atoms with Gasteiger partial charge in [0.05, 0.1) is 12.9 Å². The van der Waals surface area contributed by atoms with Gasteiger partial charge in [0.25, 0.3) is 0 Å². The van der Waals surface area contributed by atoms with E-state index in [4.69, 9.17) is 10.5 Å². The largest absolute Gasteiger partial charge is 0.494 e. The van der Waals surface area contributed by atoms with Crippen LogP contribution >= 0.6 is 0 Å². The SMILES string of the molecule is CCC(N)CS(=O)Cc1cccc(OC)c1F. The minimum atomic E-state index is -1.14. The quantitative estimate of drug-likeness (QED) is 0.848. The highest BCUT2D eigenvalue weighted by Gasteiger charge is 2.12. The summed E-state index contributed by atoms with van der Waals surface area (Å²) in [6.07, 6.45) is 0.770. The van der Waals surface area contributed by atoms with Crippen molar-refractivity contribution in [3.63, 3.8) is 0 Å². The van der Waals surface area contributed by atoms with Crippen LogP contribution in [0.2, 0.25) is 0 Å². The summed E-state index contributed by atoms with van der Waals surface area (Å²) in [7, 11) is 0.267. The molecule has 17 heavy (non-hydrogen) atoms. The van der Waals surface area contributed by atoms with E-state index in [1.165, 1.54) is 7.11 Å². The highest BCUT2D eigenvalue weighted by Crippen LogP contribution is 2.21. The van der Waals surface area contributed by atoms with Gasteiger partial charge in [0.1, 0.15) is 0 Å². The number of rotatable bonds is 6. The van der Waals surface area contributed by atoms with Crippen molar-refractivity contribution in [3.05, 3.63) is 29.6 Å². The lowest BCUT2D eigenvalue weighted by Gasteiger charge is -2.10. The summed E-state index contributed by atoms with van der Waals surface area (Å²) in [6.45, 7) is 1.94. The van der Waals surface area contributed by atoms with Crippen molar-refractivity contribution in [2.24, 2.45) is 5.73 Å². The van der Waals surface area contributed by atoms with E-state index in [0.717, 1.165) is 6.42 Å². The Labute approximate surface area is 104 Å². The Morgan fingerprint density at radius 2 is 2.24 bits per heavy atom. The van der Waals surface area contributed by atoms with E-state index in [1.54, 1.807) is 18.2 Å². The molecule has 1 rings (SSSR count). The van der Waals surface area contributed by atoms with Gasteiger partial charge in [0, 0.05) is 28.2 Å². The summed E-state index contributed by atoms with van der Waals surface area (Å²) in [4.78, 5) is 0. The van der Waals surface area contributed by atoms with E-state index < -0.39 is 16.6 Å². The topological polar surface area (TPSA) is 52.3 Å². The zero-order valence-corrected chi connectivity index (χ0v) is 10.9. The predicted molar refractivity (Wildman–Crippen MR) is 67.9 cm³/mol. The van der Waals surface area contributed by atoms with Gasteiger partial charge in [0.2, 0.25) is 0 Å². The Morgan fingerprint density at radius 3 is 2.82 bits per heavy atom. The third kappa shape index (κ3) is 4.09. The van der Waals surface area contributed by atoms with E-state index in [0.29, 0.717) is 11.3 Å². The van der Waals surface area contributed by atoms with Gasteiger partial charge in [-0.1, -0.05) is 19.1 Å². The summed E-state index contributed by atoms with van der Waals surface area (Å²) in [5.74, 6) is 0.317. The lowest BCUT2D eigenvalue weighted by atomic mass is 10.2. The Balaban J connectivity index is 2.71. The van der Waals surface area contributed by atoms with Crippen LogP contribution in [0.5, 0.6) is 5.75 Å². The minimum Gasteiger partial charge on any atom is -0.494 e. The Bertz CT molecular complexity index is 398. The first-order chi connectivity index (χ1) is 8.08. The molecule has 0 spiro atoms. The zero-order valence-electron chi connectivity index (χ0n) is 10.1. The van der Waals surface area contributed by atoms with E-state index >= 15 is 0 Å². The molecule has 1 aromatic carbocycles. The summed E-state index contributed by atoms with van der Waals surface area (Å²) < 4.78 is 30.4. The molecule has 0 amide bonds. The van der Waals surface area contributed by atoms with Gasteiger partial charge in [0.15, 0.2) is 11.6 Å². The van der Waals surface area contributed by atoms with Crippen molar-refractivity contribution < 1.29 is 13.3 Å². The molecule has 5 heteroatoms. The maximum atomic E-state index is 13.8. The van der Waals surface area contributed by atoms with E-state index in [1.807, 2.05) is 6.92 Å². The minimum absolute atomic E-state index is 0.0931. The zero-order chi connectivity index (χ0) is 12.8. The molecule has 0 aliphatic carbocycles. The average Bonchev–Trinajstić information content (AvgIpc) is 2.31. The number of ether oxygens (including phenoxy) is 1. The van der Waals surface area contributed by atoms with Crippen LogP contribution in [0.3, 0.4) is 0 Å². The van der Waals surface area contributed by atoms with Gasteiger partial charge in [-0.3, -0.25) is 4.21 Å². The van der Waals surface area contributed by atoms with Crippen molar-refractivity contribution >= 4 is 10.8 Å². The second-order valence-electron chi connectivity index (χ2n) is 3.85. The van der Waals surface area contributed by atoms with Crippen LogP contribution in [-0.4, -0.2) is 23.1 Å². The number of nitrogens with two attached hydrogens (primary N) is 1. The highest BCUT2D eigenvalue weighted by molar-refractivity contribution is 7.84. The van der Waals surface area contributed by atoms with Crippen LogP contribution in [0.4, 0.5) is 4.39 Å². The molecule has 0 heterocycles. The van der Waals surface area contributed by atoms with Crippen LogP contribution in [0.25, 0.3) is 0 Å². The van der Waals surface area contributed by atoms with Crippen molar-refractivity contribution in [1.82, 2.24) is 0 Å². The molecular weight excluding hydrogens is 241 g/mol. The molecule has 0 aliphatic heterocycles. The fraction of sp³-hybridized carbons (Fsp3) is 0.500. The Hall–Kier alpha value is -0.940. The smallest absolute Gasteiger partial charge is 0.169 e. The molecule has 0 aromatic heterocycles. The molecule has 96 valence electrons. The van der Waals surface area contributed by atoms with E-state index in [9.17, 15) is 8.60 Å². The number of benzene rings is 1. The standard InChI is InChI=1S/C12H18FNO2S/c1-3-10(14)8-17(15)7-9-5-4-6-11(16-2)12(9)13/h4-6,10H,3,7-8,14H2,1-2H3. The van der Waals surface area contributed by atoms with Crippen LogP contribution in [0.1, 0.15) is 18.9 Å². The Kier molecular flexibility index (Phi) is 5.58. The number of hydrogen-bond donors (Lipinski definition) is 1. The van der Waals surface area contributed by atoms with Crippen LogP contribution in [0.15, 0.2) is 18.2 Å². The van der Waals surface area contributed by atoms with Crippen LogP contribution in [0, 0.1) is 5.82 Å². The molecule has 0 fully saturated rings. The summed E-state index contributed by atoms with van der Waals surface area (Å²) in [5.41, 5.74) is 6.12. The van der Waals surface area contributed by atoms with Crippen molar-refractivity contribution in [3.8, 4) is 5.75 Å².